The molecule has 2 atom stereocenters. The number of methoxy groups -OCH3 is 1. The van der Waals surface area contributed by atoms with Gasteiger partial charge in [0.15, 0.2) is 5.82 Å². The third kappa shape index (κ3) is 2.74. The highest BCUT2D eigenvalue weighted by molar-refractivity contribution is 7.89. The van der Waals surface area contributed by atoms with Gasteiger partial charge in [0.2, 0.25) is 15.8 Å². The van der Waals surface area contributed by atoms with Crippen molar-refractivity contribution in [1.82, 2.24) is 9.62 Å². The average Bonchev–Trinajstić information content (AvgIpc) is 2.80. The highest BCUT2D eigenvalue weighted by Gasteiger charge is 2.43. The molecule has 2 fully saturated rings. The Morgan fingerprint density at radius 3 is 2.71 bits per heavy atom. The molecule has 0 saturated carbocycles. The summed E-state index contributed by atoms with van der Waals surface area (Å²) in [6, 6.07) is 1.28. The van der Waals surface area contributed by atoms with Gasteiger partial charge in [-0.05, 0) is 31.9 Å². The molecule has 8 nitrogen and oxygen atoms in total. The molecular formula is C14H18FN3O5S. The van der Waals surface area contributed by atoms with E-state index in [0.29, 0.717) is 19.5 Å². The first-order valence-corrected chi connectivity index (χ1v) is 9.06. The van der Waals surface area contributed by atoms with Crippen LogP contribution in [0.15, 0.2) is 17.0 Å². The van der Waals surface area contributed by atoms with Crippen LogP contribution in [0.25, 0.3) is 0 Å². The second-order valence-electron chi connectivity index (χ2n) is 5.93. The van der Waals surface area contributed by atoms with Crippen LogP contribution < -0.4 is 10.1 Å². The van der Waals surface area contributed by atoms with Crippen molar-refractivity contribution >= 4 is 15.7 Å². The summed E-state index contributed by atoms with van der Waals surface area (Å²) in [5.41, 5.74) is -0.698. The smallest absolute Gasteiger partial charge is 0.315 e. The monoisotopic (exact) mass is 359 g/mol. The number of benzene rings is 1. The van der Waals surface area contributed by atoms with Crippen LogP contribution in [0.5, 0.6) is 5.75 Å². The Labute approximate surface area is 138 Å². The number of halogens is 1. The van der Waals surface area contributed by atoms with Crippen molar-refractivity contribution in [2.75, 3.05) is 20.2 Å². The van der Waals surface area contributed by atoms with E-state index < -0.39 is 37.1 Å². The topological polar surface area (TPSA) is 102 Å². The lowest BCUT2D eigenvalue weighted by Crippen LogP contribution is -2.42. The van der Waals surface area contributed by atoms with Crippen molar-refractivity contribution in [2.24, 2.45) is 0 Å². The minimum atomic E-state index is -4.03. The first kappa shape index (κ1) is 17.1. The number of sulfonamides is 1. The number of rotatable bonds is 4. The number of fused-ring (bicyclic) bond motifs is 2. The molecule has 10 heteroatoms. The first-order chi connectivity index (χ1) is 11.4. The van der Waals surface area contributed by atoms with E-state index in [9.17, 15) is 22.9 Å². The van der Waals surface area contributed by atoms with Crippen molar-refractivity contribution in [3.05, 3.63) is 28.1 Å². The molecule has 24 heavy (non-hydrogen) atoms. The molecule has 3 rings (SSSR count). The molecular weight excluding hydrogens is 341 g/mol. The number of nitrogens with one attached hydrogen (secondary N) is 1. The fourth-order valence-electron chi connectivity index (χ4n) is 3.49. The van der Waals surface area contributed by atoms with E-state index in [4.69, 9.17) is 4.74 Å². The average molecular weight is 359 g/mol. The van der Waals surface area contributed by atoms with Gasteiger partial charge in [0.25, 0.3) is 0 Å². The Bertz CT molecular complexity index is 756. The summed E-state index contributed by atoms with van der Waals surface area (Å²) in [6.45, 7) is 1.24. The molecule has 0 amide bonds. The highest BCUT2D eigenvalue weighted by Crippen LogP contribution is 2.37. The van der Waals surface area contributed by atoms with Gasteiger partial charge in [-0.1, -0.05) is 0 Å². The van der Waals surface area contributed by atoms with Crippen molar-refractivity contribution < 1.29 is 22.5 Å². The number of nitrogens with zero attached hydrogens (tertiary/aromatic N) is 2. The molecule has 2 saturated heterocycles. The van der Waals surface area contributed by atoms with Crippen LogP contribution in [0.3, 0.4) is 0 Å². The minimum absolute atomic E-state index is 0.167. The Morgan fingerprint density at radius 1 is 1.33 bits per heavy atom. The normalized spacial score (nSPS) is 24.6. The van der Waals surface area contributed by atoms with Gasteiger partial charge < -0.3 is 10.1 Å². The predicted molar refractivity (Wildman–Crippen MR) is 82.9 cm³/mol. The molecule has 0 radical (unpaired) electrons. The Morgan fingerprint density at radius 2 is 2.04 bits per heavy atom. The molecule has 1 N–H and O–H groups in total. The van der Waals surface area contributed by atoms with Gasteiger partial charge >= 0.3 is 5.69 Å². The van der Waals surface area contributed by atoms with Gasteiger partial charge in [-0.15, -0.1) is 0 Å². The lowest BCUT2D eigenvalue weighted by molar-refractivity contribution is -0.386. The number of ether oxygens (including phenoxy) is 1. The zero-order valence-electron chi connectivity index (χ0n) is 13.1. The maximum absolute atomic E-state index is 14.1. The van der Waals surface area contributed by atoms with Gasteiger partial charge in [-0.2, -0.15) is 4.31 Å². The van der Waals surface area contributed by atoms with E-state index in [1.54, 1.807) is 0 Å². The van der Waals surface area contributed by atoms with Gasteiger partial charge in [0.05, 0.1) is 16.9 Å². The Hall–Kier alpha value is -1.78. The SMILES string of the molecule is COc1c(F)cc(S(=O)(=O)N2C3CCNCC2CC3)cc1[N+](=O)[O-]. The predicted octanol–water partition coefficient (Wildman–Crippen LogP) is 1.26. The van der Waals surface area contributed by atoms with Crippen LogP contribution in [0.2, 0.25) is 0 Å². The van der Waals surface area contributed by atoms with Crippen molar-refractivity contribution in [3.63, 3.8) is 0 Å². The Kier molecular flexibility index (Phi) is 4.45. The summed E-state index contributed by atoms with van der Waals surface area (Å²) in [6.07, 6.45) is 2.13. The van der Waals surface area contributed by atoms with E-state index in [-0.39, 0.29) is 12.1 Å². The molecule has 1 aromatic carbocycles. The molecule has 0 aromatic heterocycles. The van der Waals surface area contributed by atoms with Crippen LogP contribution in [-0.4, -0.2) is 49.9 Å². The second-order valence-corrected chi connectivity index (χ2v) is 7.77. The summed E-state index contributed by atoms with van der Waals surface area (Å²) >= 11 is 0. The summed E-state index contributed by atoms with van der Waals surface area (Å²) in [5.74, 6) is -1.63. The molecule has 2 heterocycles. The molecule has 2 aliphatic heterocycles. The third-order valence-electron chi connectivity index (χ3n) is 4.56. The van der Waals surface area contributed by atoms with Crippen LogP contribution in [0.1, 0.15) is 19.3 Å². The third-order valence-corrected chi connectivity index (χ3v) is 6.54. The van der Waals surface area contributed by atoms with E-state index in [1.807, 2.05) is 0 Å². The zero-order chi connectivity index (χ0) is 17.5. The molecule has 2 bridgehead atoms. The lowest BCUT2D eigenvalue weighted by Gasteiger charge is -2.26. The van der Waals surface area contributed by atoms with E-state index in [1.165, 1.54) is 4.31 Å². The zero-order valence-corrected chi connectivity index (χ0v) is 13.9. The standard InChI is InChI=1S/C14H18FN3O5S/c1-23-14-12(15)6-11(7-13(14)18(19)20)24(21,22)17-9-2-3-10(17)8-16-5-4-9/h6-7,9-10,16H,2-5,8H2,1H3. The molecule has 1 aromatic rings. The first-order valence-electron chi connectivity index (χ1n) is 7.62. The van der Waals surface area contributed by atoms with E-state index in [0.717, 1.165) is 32.1 Å². The maximum Gasteiger partial charge on any atom is 0.315 e. The number of hydrogen-bond donors (Lipinski definition) is 1. The van der Waals surface area contributed by atoms with Crippen LogP contribution in [-0.2, 0) is 10.0 Å². The summed E-state index contributed by atoms with van der Waals surface area (Å²) in [5, 5.41) is 14.3. The molecule has 0 spiro atoms. The number of nitro benzene ring substituents is 1. The van der Waals surface area contributed by atoms with Crippen LogP contribution >= 0.6 is 0 Å². The molecule has 2 aliphatic rings. The lowest BCUT2D eigenvalue weighted by atomic mass is 10.1. The van der Waals surface area contributed by atoms with E-state index in [2.05, 4.69) is 5.32 Å². The number of hydrogen-bond acceptors (Lipinski definition) is 6. The minimum Gasteiger partial charge on any atom is -0.488 e. The van der Waals surface area contributed by atoms with Crippen molar-refractivity contribution in [1.29, 1.82) is 0 Å². The summed E-state index contributed by atoms with van der Waals surface area (Å²) in [4.78, 5) is 9.87. The molecule has 132 valence electrons. The highest BCUT2D eigenvalue weighted by atomic mass is 32.2. The van der Waals surface area contributed by atoms with Gasteiger partial charge in [-0.3, -0.25) is 10.1 Å². The second kappa shape index (κ2) is 6.26. The van der Waals surface area contributed by atoms with Crippen molar-refractivity contribution in [2.45, 2.75) is 36.2 Å². The Balaban J connectivity index is 2.09. The van der Waals surface area contributed by atoms with Crippen molar-refractivity contribution in [3.8, 4) is 5.75 Å². The molecule has 0 aliphatic carbocycles. The quantitative estimate of drug-likeness (QED) is 0.641. The van der Waals surface area contributed by atoms with Crippen LogP contribution in [0.4, 0.5) is 10.1 Å². The van der Waals surface area contributed by atoms with Gasteiger partial charge in [-0.25, -0.2) is 12.8 Å². The van der Waals surface area contributed by atoms with Crippen LogP contribution in [0, 0.1) is 15.9 Å². The fourth-order valence-corrected chi connectivity index (χ4v) is 5.43. The summed E-state index contributed by atoms with van der Waals surface area (Å²) in [7, 11) is -2.93. The van der Waals surface area contributed by atoms with Gasteiger partial charge in [0, 0.05) is 24.7 Å². The molecule has 2 unspecified atom stereocenters. The largest absolute Gasteiger partial charge is 0.488 e. The van der Waals surface area contributed by atoms with E-state index >= 15 is 0 Å². The number of nitro groups is 1. The maximum atomic E-state index is 14.1. The fraction of sp³-hybridized carbons (Fsp3) is 0.571. The van der Waals surface area contributed by atoms with Gasteiger partial charge in [0.1, 0.15) is 0 Å². The summed E-state index contributed by atoms with van der Waals surface area (Å²) < 4.78 is 46.2.